The third-order valence-corrected chi connectivity index (χ3v) is 5.08. The van der Waals surface area contributed by atoms with Gasteiger partial charge in [-0.15, -0.1) is 0 Å². The maximum absolute atomic E-state index is 13.4. The number of nitrogens with one attached hydrogen (secondary N) is 3. The number of aromatic amines is 1. The van der Waals surface area contributed by atoms with Crippen LogP contribution in [0.5, 0.6) is 5.75 Å². The van der Waals surface area contributed by atoms with Crippen LogP contribution < -0.4 is 10.6 Å². The topological polar surface area (TPSA) is 120 Å². The first-order chi connectivity index (χ1) is 14.5. The molecular weight excluding hydrogens is 393 g/mol. The van der Waals surface area contributed by atoms with Gasteiger partial charge in [-0.2, -0.15) is 5.10 Å². The van der Waals surface area contributed by atoms with Crippen LogP contribution in [0, 0.1) is 5.82 Å². The van der Waals surface area contributed by atoms with E-state index in [9.17, 15) is 19.1 Å². The van der Waals surface area contributed by atoms with Gasteiger partial charge < -0.3 is 25.4 Å². The lowest BCUT2D eigenvalue weighted by Gasteiger charge is -2.32. The number of carbonyl (C=O) groups is 2. The third-order valence-electron chi connectivity index (χ3n) is 5.08. The van der Waals surface area contributed by atoms with Crippen molar-refractivity contribution in [1.29, 1.82) is 0 Å². The molecule has 0 aliphatic carbocycles. The SMILES string of the molecule is COCCNC(=O)c1cn[nH]c1C1CCCN(C(=O)NCc2ccc(O)c(F)c2)C1. The molecule has 1 atom stereocenters. The molecule has 1 saturated heterocycles. The molecule has 30 heavy (non-hydrogen) atoms. The summed E-state index contributed by atoms with van der Waals surface area (Å²) in [6.07, 6.45) is 3.11. The zero-order valence-electron chi connectivity index (χ0n) is 16.8. The Kier molecular flexibility index (Phi) is 7.23. The van der Waals surface area contributed by atoms with Gasteiger partial charge in [0.25, 0.3) is 5.91 Å². The Morgan fingerprint density at radius 2 is 2.23 bits per heavy atom. The Balaban J connectivity index is 1.58. The summed E-state index contributed by atoms with van der Waals surface area (Å²) in [4.78, 5) is 26.7. The van der Waals surface area contributed by atoms with E-state index < -0.39 is 11.6 Å². The molecule has 2 aromatic rings. The minimum absolute atomic E-state index is 0.0405. The van der Waals surface area contributed by atoms with E-state index in [-0.39, 0.29) is 24.4 Å². The van der Waals surface area contributed by atoms with Crippen LogP contribution in [0.2, 0.25) is 0 Å². The number of phenols is 1. The number of carbonyl (C=O) groups excluding carboxylic acids is 2. The van der Waals surface area contributed by atoms with Crippen molar-refractivity contribution in [1.82, 2.24) is 25.7 Å². The Morgan fingerprint density at radius 1 is 1.40 bits per heavy atom. The molecule has 10 heteroatoms. The van der Waals surface area contributed by atoms with Gasteiger partial charge in [0.1, 0.15) is 0 Å². The highest BCUT2D eigenvalue weighted by atomic mass is 19.1. The van der Waals surface area contributed by atoms with Crippen LogP contribution in [0.4, 0.5) is 9.18 Å². The van der Waals surface area contributed by atoms with E-state index in [4.69, 9.17) is 4.74 Å². The van der Waals surface area contributed by atoms with Crippen LogP contribution in [0.1, 0.15) is 40.4 Å². The third kappa shape index (κ3) is 5.26. The number of nitrogens with zero attached hydrogens (tertiary/aromatic N) is 2. The number of ether oxygens (including phenoxy) is 1. The van der Waals surface area contributed by atoms with E-state index in [1.54, 1.807) is 18.1 Å². The van der Waals surface area contributed by atoms with E-state index in [0.29, 0.717) is 43.1 Å². The summed E-state index contributed by atoms with van der Waals surface area (Å²) in [5.74, 6) is -1.42. The fraction of sp³-hybridized carbons (Fsp3) is 0.450. The molecule has 3 rings (SSSR count). The molecular formula is C20H26FN5O4. The number of phenolic OH excluding ortho intramolecular Hbond substituents is 1. The summed E-state index contributed by atoms with van der Waals surface area (Å²) in [6.45, 7) is 2.00. The van der Waals surface area contributed by atoms with E-state index in [1.165, 1.54) is 18.3 Å². The highest BCUT2D eigenvalue weighted by Crippen LogP contribution is 2.28. The lowest BCUT2D eigenvalue weighted by atomic mass is 9.92. The van der Waals surface area contributed by atoms with Crippen LogP contribution in [-0.4, -0.2) is 65.5 Å². The monoisotopic (exact) mass is 419 g/mol. The second kappa shape index (κ2) is 10.1. The number of aromatic nitrogens is 2. The largest absolute Gasteiger partial charge is 0.505 e. The quantitative estimate of drug-likeness (QED) is 0.510. The van der Waals surface area contributed by atoms with Crippen molar-refractivity contribution >= 4 is 11.9 Å². The van der Waals surface area contributed by atoms with Crippen LogP contribution >= 0.6 is 0 Å². The molecule has 1 aliphatic heterocycles. The molecule has 4 N–H and O–H groups in total. The fourth-order valence-corrected chi connectivity index (χ4v) is 3.50. The smallest absolute Gasteiger partial charge is 0.317 e. The zero-order chi connectivity index (χ0) is 21.5. The predicted octanol–water partition coefficient (Wildman–Crippen LogP) is 1.72. The number of methoxy groups -OCH3 is 1. The number of hydrogen-bond acceptors (Lipinski definition) is 5. The fourth-order valence-electron chi connectivity index (χ4n) is 3.50. The first-order valence-electron chi connectivity index (χ1n) is 9.80. The predicted molar refractivity (Wildman–Crippen MR) is 107 cm³/mol. The van der Waals surface area contributed by atoms with E-state index in [2.05, 4.69) is 20.8 Å². The average molecular weight is 419 g/mol. The number of aromatic hydroxyl groups is 1. The van der Waals surface area contributed by atoms with Crippen molar-refractivity contribution in [2.45, 2.75) is 25.3 Å². The van der Waals surface area contributed by atoms with Gasteiger partial charge in [-0.1, -0.05) is 6.07 Å². The summed E-state index contributed by atoms with van der Waals surface area (Å²) in [6, 6.07) is 3.73. The van der Waals surface area contributed by atoms with Crippen LogP contribution in [0.3, 0.4) is 0 Å². The number of halogens is 1. The van der Waals surface area contributed by atoms with Crippen molar-refractivity contribution in [3.05, 3.63) is 47.0 Å². The molecule has 1 fully saturated rings. The maximum Gasteiger partial charge on any atom is 0.317 e. The van der Waals surface area contributed by atoms with E-state index >= 15 is 0 Å². The maximum atomic E-state index is 13.4. The first-order valence-corrected chi connectivity index (χ1v) is 9.80. The second-order valence-electron chi connectivity index (χ2n) is 7.18. The average Bonchev–Trinajstić information content (AvgIpc) is 3.24. The number of urea groups is 1. The first kappa shape index (κ1) is 21.6. The Labute approximate surface area is 173 Å². The summed E-state index contributed by atoms with van der Waals surface area (Å²) in [5.41, 5.74) is 1.73. The number of H-pyrrole nitrogens is 1. The molecule has 3 amide bonds. The van der Waals surface area contributed by atoms with Crippen molar-refractivity contribution in [2.24, 2.45) is 0 Å². The second-order valence-corrected chi connectivity index (χ2v) is 7.18. The normalized spacial score (nSPS) is 16.3. The molecule has 1 aromatic heterocycles. The molecule has 9 nitrogen and oxygen atoms in total. The molecule has 162 valence electrons. The minimum atomic E-state index is -0.727. The van der Waals surface area contributed by atoms with Gasteiger partial charge in [-0.05, 0) is 30.5 Å². The molecule has 2 heterocycles. The Morgan fingerprint density at radius 3 is 3.00 bits per heavy atom. The van der Waals surface area contributed by atoms with Gasteiger partial charge in [0.2, 0.25) is 0 Å². The summed E-state index contributed by atoms with van der Waals surface area (Å²) < 4.78 is 18.4. The summed E-state index contributed by atoms with van der Waals surface area (Å²) in [7, 11) is 1.56. The number of piperidine rings is 1. The highest BCUT2D eigenvalue weighted by molar-refractivity contribution is 5.95. The summed E-state index contributed by atoms with van der Waals surface area (Å²) in [5, 5.41) is 21.7. The molecule has 0 saturated carbocycles. The van der Waals surface area contributed by atoms with Gasteiger partial charge in [0.05, 0.1) is 24.1 Å². The Bertz CT molecular complexity index is 888. The number of hydrogen-bond donors (Lipinski definition) is 4. The number of likely N-dealkylation sites (tertiary alicyclic amines) is 1. The number of benzene rings is 1. The van der Waals surface area contributed by atoms with Crippen LogP contribution in [0.25, 0.3) is 0 Å². The molecule has 0 radical (unpaired) electrons. The molecule has 0 spiro atoms. The van der Waals surface area contributed by atoms with Crippen molar-refractivity contribution in [3.63, 3.8) is 0 Å². The standard InChI is InChI=1S/C20H26FN5O4/c1-30-8-6-22-19(28)15-11-24-25-18(15)14-3-2-7-26(12-14)20(29)23-10-13-4-5-17(27)16(21)9-13/h4-5,9,11,14,27H,2-3,6-8,10,12H2,1H3,(H,22,28)(H,23,29)(H,24,25). The summed E-state index contributed by atoms with van der Waals surface area (Å²) >= 11 is 0. The lowest BCUT2D eigenvalue weighted by molar-refractivity contribution is 0.0935. The van der Waals surface area contributed by atoms with E-state index in [1.807, 2.05) is 0 Å². The number of amides is 3. The van der Waals surface area contributed by atoms with Gasteiger partial charge in [0.15, 0.2) is 11.6 Å². The molecule has 1 aliphatic rings. The van der Waals surface area contributed by atoms with Crippen molar-refractivity contribution in [2.75, 3.05) is 33.4 Å². The number of rotatable bonds is 7. The molecule has 1 unspecified atom stereocenters. The minimum Gasteiger partial charge on any atom is -0.505 e. The Hall–Kier alpha value is -3.14. The van der Waals surface area contributed by atoms with Gasteiger partial charge in [0, 0.05) is 39.2 Å². The van der Waals surface area contributed by atoms with Gasteiger partial charge in [-0.3, -0.25) is 9.89 Å². The zero-order valence-corrected chi connectivity index (χ0v) is 16.8. The molecule has 1 aromatic carbocycles. The van der Waals surface area contributed by atoms with Gasteiger partial charge in [-0.25, -0.2) is 9.18 Å². The van der Waals surface area contributed by atoms with E-state index in [0.717, 1.165) is 12.8 Å². The van der Waals surface area contributed by atoms with Crippen LogP contribution in [0.15, 0.2) is 24.4 Å². The van der Waals surface area contributed by atoms with Crippen LogP contribution in [-0.2, 0) is 11.3 Å². The van der Waals surface area contributed by atoms with Gasteiger partial charge >= 0.3 is 6.03 Å². The van der Waals surface area contributed by atoms with Crippen molar-refractivity contribution < 1.29 is 23.8 Å². The molecule has 0 bridgehead atoms. The van der Waals surface area contributed by atoms with Crippen molar-refractivity contribution in [3.8, 4) is 5.75 Å². The highest BCUT2D eigenvalue weighted by Gasteiger charge is 2.29. The lowest BCUT2D eigenvalue weighted by Crippen LogP contribution is -2.45.